The molecule has 3 aliphatic heterocycles. The van der Waals surface area contributed by atoms with Gasteiger partial charge in [0, 0.05) is 19.6 Å². The standard InChI is InChI=1S/C17H20N2O5S/c1-10-8-18(9-14(10)17(21)22)25(23,24)13-5-11-3-2-4-19-15(20)7-12(6-13)16(11)19/h5-6,10,14H,2-4,7-9H2,1H3,(H,21,22)/t10-,14-/m1/s1. The van der Waals surface area contributed by atoms with Crippen LogP contribution in [-0.2, 0) is 32.5 Å². The van der Waals surface area contributed by atoms with Gasteiger partial charge < -0.3 is 10.0 Å². The number of amides is 1. The summed E-state index contributed by atoms with van der Waals surface area (Å²) in [5, 5.41) is 9.25. The van der Waals surface area contributed by atoms with E-state index < -0.39 is 21.9 Å². The van der Waals surface area contributed by atoms with E-state index in [9.17, 15) is 23.1 Å². The Labute approximate surface area is 146 Å². The lowest BCUT2D eigenvalue weighted by Crippen LogP contribution is -2.32. The van der Waals surface area contributed by atoms with Gasteiger partial charge in [-0.2, -0.15) is 4.31 Å². The fraction of sp³-hybridized carbons (Fsp3) is 0.529. The molecule has 0 aromatic heterocycles. The molecule has 1 N–H and O–H groups in total. The van der Waals surface area contributed by atoms with Gasteiger partial charge in [-0.3, -0.25) is 9.59 Å². The molecule has 0 saturated carbocycles. The molecule has 0 unspecified atom stereocenters. The molecule has 25 heavy (non-hydrogen) atoms. The Morgan fingerprint density at radius 2 is 1.96 bits per heavy atom. The zero-order valence-electron chi connectivity index (χ0n) is 13.9. The van der Waals surface area contributed by atoms with Gasteiger partial charge >= 0.3 is 5.97 Å². The maximum absolute atomic E-state index is 13.0. The first-order valence-electron chi connectivity index (χ1n) is 8.48. The molecular formula is C17H20N2O5S. The second kappa shape index (κ2) is 5.54. The molecule has 8 heteroatoms. The van der Waals surface area contributed by atoms with E-state index in [0.29, 0.717) is 6.54 Å². The minimum absolute atomic E-state index is 0.00366. The van der Waals surface area contributed by atoms with E-state index in [2.05, 4.69) is 0 Å². The minimum Gasteiger partial charge on any atom is -0.481 e. The van der Waals surface area contributed by atoms with Crippen LogP contribution >= 0.6 is 0 Å². The van der Waals surface area contributed by atoms with Crippen molar-refractivity contribution in [1.82, 2.24) is 4.31 Å². The summed E-state index contributed by atoms with van der Waals surface area (Å²) in [7, 11) is -3.76. The van der Waals surface area contributed by atoms with Crippen molar-refractivity contribution in [2.45, 2.75) is 31.1 Å². The van der Waals surface area contributed by atoms with E-state index in [4.69, 9.17) is 0 Å². The van der Waals surface area contributed by atoms with Crippen molar-refractivity contribution in [2.24, 2.45) is 11.8 Å². The number of rotatable bonds is 3. The highest BCUT2D eigenvalue weighted by Gasteiger charge is 2.42. The third-order valence-electron chi connectivity index (χ3n) is 5.52. The fourth-order valence-electron chi connectivity index (χ4n) is 4.19. The smallest absolute Gasteiger partial charge is 0.308 e. The average molecular weight is 364 g/mol. The van der Waals surface area contributed by atoms with Gasteiger partial charge in [-0.05, 0) is 42.0 Å². The lowest BCUT2D eigenvalue weighted by molar-refractivity contribution is -0.142. The molecule has 134 valence electrons. The number of carboxylic acids is 1. The van der Waals surface area contributed by atoms with E-state index in [1.165, 1.54) is 4.31 Å². The van der Waals surface area contributed by atoms with E-state index >= 15 is 0 Å². The molecule has 3 heterocycles. The van der Waals surface area contributed by atoms with Crippen molar-refractivity contribution in [2.75, 3.05) is 24.5 Å². The predicted octanol–water partition coefficient (Wildman–Crippen LogP) is 0.863. The van der Waals surface area contributed by atoms with Crippen molar-refractivity contribution < 1.29 is 23.1 Å². The molecule has 0 bridgehead atoms. The van der Waals surface area contributed by atoms with Gasteiger partial charge in [-0.25, -0.2) is 8.42 Å². The van der Waals surface area contributed by atoms with Crippen LogP contribution in [0, 0.1) is 11.8 Å². The molecule has 1 aromatic carbocycles. The van der Waals surface area contributed by atoms with Crippen LogP contribution in [0.1, 0.15) is 24.5 Å². The quantitative estimate of drug-likeness (QED) is 0.858. The zero-order chi connectivity index (χ0) is 17.9. The summed E-state index contributed by atoms with van der Waals surface area (Å²) in [5.41, 5.74) is 2.55. The first kappa shape index (κ1) is 16.5. The van der Waals surface area contributed by atoms with Crippen LogP contribution in [0.3, 0.4) is 0 Å². The van der Waals surface area contributed by atoms with Crippen LogP contribution in [0.5, 0.6) is 0 Å². The van der Waals surface area contributed by atoms with Crippen LogP contribution < -0.4 is 4.90 Å². The van der Waals surface area contributed by atoms with Crippen LogP contribution in [-0.4, -0.2) is 49.3 Å². The largest absolute Gasteiger partial charge is 0.481 e. The summed E-state index contributed by atoms with van der Waals surface area (Å²) >= 11 is 0. The van der Waals surface area contributed by atoms with Gasteiger partial charge in [0.15, 0.2) is 0 Å². The maximum Gasteiger partial charge on any atom is 0.308 e. The van der Waals surface area contributed by atoms with Crippen LogP contribution in [0.2, 0.25) is 0 Å². The molecule has 1 aromatic rings. The molecule has 1 amide bonds. The third kappa shape index (κ3) is 2.46. The van der Waals surface area contributed by atoms with Gasteiger partial charge in [-0.1, -0.05) is 6.92 Å². The summed E-state index contributed by atoms with van der Waals surface area (Å²) in [6.45, 7) is 2.65. The number of hydrogen-bond acceptors (Lipinski definition) is 4. The number of aryl methyl sites for hydroxylation is 1. The Morgan fingerprint density at radius 3 is 2.64 bits per heavy atom. The molecule has 2 atom stereocenters. The Balaban J connectivity index is 1.72. The number of sulfonamides is 1. The van der Waals surface area contributed by atoms with Gasteiger partial charge in [0.05, 0.1) is 22.9 Å². The van der Waals surface area contributed by atoms with Crippen molar-refractivity contribution >= 4 is 27.6 Å². The highest BCUT2D eigenvalue weighted by Crippen LogP contribution is 2.39. The fourth-order valence-corrected chi connectivity index (χ4v) is 5.85. The number of benzene rings is 1. The van der Waals surface area contributed by atoms with E-state index in [0.717, 1.165) is 29.7 Å². The molecule has 7 nitrogen and oxygen atoms in total. The number of carbonyl (C=O) groups excluding carboxylic acids is 1. The minimum atomic E-state index is -3.76. The Bertz CT molecular complexity index is 879. The molecule has 0 spiro atoms. The molecule has 1 saturated heterocycles. The third-order valence-corrected chi connectivity index (χ3v) is 7.32. The highest BCUT2D eigenvalue weighted by atomic mass is 32.2. The maximum atomic E-state index is 13.0. The van der Waals surface area contributed by atoms with E-state index in [1.54, 1.807) is 24.0 Å². The first-order valence-corrected chi connectivity index (χ1v) is 9.92. The number of hydrogen-bond donors (Lipinski definition) is 1. The number of aliphatic carboxylic acids is 1. The summed E-state index contributed by atoms with van der Waals surface area (Å²) in [4.78, 5) is 25.3. The Hall–Kier alpha value is -1.93. The summed E-state index contributed by atoms with van der Waals surface area (Å²) in [5.74, 6) is -1.85. The van der Waals surface area contributed by atoms with Crippen molar-refractivity contribution in [3.63, 3.8) is 0 Å². The molecular weight excluding hydrogens is 344 g/mol. The molecule has 3 aliphatic rings. The molecule has 4 rings (SSSR count). The number of carboxylic acid groups (broad SMARTS) is 1. The van der Waals surface area contributed by atoms with Crippen LogP contribution in [0.4, 0.5) is 5.69 Å². The zero-order valence-corrected chi connectivity index (χ0v) is 14.8. The lowest BCUT2D eigenvalue weighted by atomic mass is 9.99. The van der Waals surface area contributed by atoms with E-state index in [1.807, 2.05) is 0 Å². The van der Waals surface area contributed by atoms with Gasteiger partial charge in [0.1, 0.15) is 0 Å². The van der Waals surface area contributed by atoms with Crippen molar-refractivity contribution in [1.29, 1.82) is 0 Å². The van der Waals surface area contributed by atoms with Gasteiger partial charge in [0.2, 0.25) is 15.9 Å². The van der Waals surface area contributed by atoms with E-state index in [-0.39, 0.29) is 36.2 Å². The summed E-state index contributed by atoms with van der Waals surface area (Å²) in [6.07, 6.45) is 1.81. The monoisotopic (exact) mass is 364 g/mol. The topological polar surface area (TPSA) is 95.0 Å². The SMILES string of the molecule is C[C@@H]1CN(S(=O)(=O)c2cc3c4c(c2)CC(=O)N4CCC3)C[C@H]1C(=O)O. The van der Waals surface area contributed by atoms with Gasteiger partial charge in [-0.15, -0.1) is 0 Å². The Morgan fingerprint density at radius 1 is 1.24 bits per heavy atom. The molecule has 0 aliphatic carbocycles. The molecule has 0 radical (unpaired) electrons. The Kier molecular flexibility index (Phi) is 3.66. The second-order valence-electron chi connectivity index (χ2n) is 7.16. The second-order valence-corrected chi connectivity index (χ2v) is 9.10. The normalized spacial score (nSPS) is 26.1. The van der Waals surface area contributed by atoms with Crippen molar-refractivity contribution in [3.8, 4) is 0 Å². The van der Waals surface area contributed by atoms with Crippen LogP contribution in [0.25, 0.3) is 0 Å². The first-order chi connectivity index (χ1) is 11.8. The van der Waals surface area contributed by atoms with Gasteiger partial charge in [0.25, 0.3) is 0 Å². The lowest BCUT2D eigenvalue weighted by Gasteiger charge is -2.26. The number of anilines is 1. The van der Waals surface area contributed by atoms with Crippen LogP contribution in [0.15, 0.2) is 17.0 Å². The highest BCUT2D eigenvalue weighted by molar-refractivity contribution is 7.89. The summed E-state index contributed by atoms with van der Waals surface area (Å²) < 4.78 is 27.3. The number of nitrogens with zero attached hydrogens (tertiary/aromatic N) is 2. The van der Waals surface area contributed by atoms with Crippen molar-refractivity contribution in [3.05, 3.63) is 23.3 Å². The molecule has 1 fully saturated rings. The predicted molar refractivity (Wildman–Crippen MR) is 89.9 cm³/mol. The summed E-state index contributed by atoms with van der Waals surface area (Å²) in [6, 6.07) is 3.26. The average Bonchev–Trinajstić information content (AvgIpc) is 3.10. The number of carbonyl (C=O) groups is 2.